The molecule has 2 aliphatic carbocycles. The van der Waals surface area contributed by atoms with Crippen molar-refractivity contribution in [3.8, 4) is 0 Å². The summed E-state index contributed by atoms with van der Waals surface area (Å²) in [7, 11) is 0. The first-order valence-corrected chi connectivity index (χ1v) is 4.92. The molecule has 0 radical (unpaired) electrons. The lowest BCUT2D eigenvalue weighted by atomic mass is 9.71. The van der Waals surface area contributed by atoms with Gasteiger partial charge in [0.15, 0.2) is 0 Å². The van der Waals surface area contributed by atoms with Crippen molar-refractivity contribution in [1.82, 2.24) is 0 Å². The molecule has 0 aromatic heterocycles. The highest BCUT2D eigenvalue weighted by Gasteiger charge is 2.58. The lowest BCUT2D eigenvalue weighted by Crippen LogP contribution is -2.31. The molecule has 0 aromatic rings. The average molecular weight is 168 g/mol. The summed E-state index contributed by atoms with van der Waals surface area (Å²) in [6.45, 7) is 7.15. The fourth-order valence-electron chi connectivity index (χ4n) is 2.90. The van der Waals surface area contributed by atoms with Gasteiger partial charge in [-0.25, -0.2) is 0 Å². The van der Waals surface area contributed by atoms with E-state index in [0.29, 0.717) is 10.8 Å². The van der Waals surface area contributed by atoms with E-state index < -0.39 is 0 Å². The molecule has 2 saturated carbocycles. The topological polar surface area (TPSA) is 0 Å². The van der Waals surface area contributed by atoms with Crippen molar-refractivity contribution in [2.75, 3.05) is 0 Å². The van der Waals surface area contributed by atoms with Crippen LogP contribution in [0.2, 0.25) is 0 Å². The quantitative estimate of drug-likeness (QED) is 0.500. The maximum Gasteiger partial charge on any atom is 0.00424 e. The van der Waals surface area contributed by atoms with Crippen LogP contribution in [0, 0.1) is 16.7 Å². The summed E-state index contributed by atoms with van der Waals surface area (Å²) >= 11 is 5.43. The molecule has 0 nitrogen and oxygen atoms in total. The van der Waals surface area contributed by atoms with E-state index >= 15 is 0 Å². The number of rotatable bonds is 0. The monoisotopic (exact) mass is 168 g/mol. The second-order valence-corrected chi connectivity index (χ2v) is 5.41. The van der Waals surface area contributed by atoms with Gasteiger partial charge < -0.3 is 0 Å². The molecule has 0 heterocycles. The Bertz CT molecular complexity index is 217. The normalized spacial score (nSPS) is 46.8. The number of hydrogen-bond donors (Lipinski definition) is 0. The van der Waals surface area contributed by atoms with E-state index in [1.807, 2.05) is 0 Å². The fraction of sp³-hybridized carbons (Fsp3) is 0.900. The lowest BCUT2D eigenvalue weighted by Gasteiger charge is -2.34. The predicted molar refractivity (Wildman–Crippen MR) is 51.8 cm³/mol. The van der Waals surface area contributed by atoms with Crippen LogP contribution in [0.3, 0.4) is 0 Å². The Morgan fingerprint density at radius 2 is 2.00 bits per heavy atom. The van der Waals surface area contributed by atoms with Gasteiger partial charge in [-0.3, -0.25) is 0 Å². The van der Waals surface area contributed by atoms with Crippen molar-refractivity contribution in [3.05, 3.63) is 0 Å². The maximum atomic E-state index is 5.43. The van der Waals surface area contributed by atoms with E-state index in [-0.39, 0.29) is 0 Å². The van der Waals surface area contributed by atoms with Crippen LogP contribution in [-0.4, -0.2) is 4.86 Å². The van der Waals surface area contributed by atoms with Crippen LogP contribution < -0.4 is 0 Å². The zero-order valence-electron chi connectivity index (χ0n) is 7.61. The molecular formula is C10H16S. The summed E-state index contributed by atoms with van der Waals surface area (Å²) in [5, 5.41) is 0. The zero-order chi connectivity index (χ0) is 8.28. The molecule has 0 amide bonds. The Kier molecular flexibility index (Phi) is 1.32. The number of thiocarbonyl (C=S) groups is 1. The summed E-state index contributed by atoms with van der Waals surface area (Å²) in [5.41, 5.74) is 0.886. The van der Waals surface area contributed by atoms with Crippen LogP contribution in [-0.2, 0) is 0 Å². The van der Waals surface area contributed by atoms with E-state index in [1.165, 1.54) is 24.1 Å². The largest absolute Gasteiger partial charge is 0.0891 e. The minimum absolute atomic E-state index is 0.396. The predicted octanol–water partition coefficient (Wildman–Crippen LogP) is 3.20. The SMILES string of the molecule is CC1(C)C2CC[C@]1(C)C(=S)C2. The summed E-state index contributed by atoms with van der Waals surface area (Å²) in [6.07, 6.45) is 3.96. The zero-order valence-corrected chi connectivity index (χ0v) is 8.42. The van der Waals surface area contributed by atoms with Gasteiger partial charge in [-0.05, 0) is 35.5 Å². The van der Waals surface area contributed by atoms with Crippen LogP contribution >= 0.6 is 12.2 Å². The molecule has 1 heteroatoms. The van der Waals surface area contributed by atoms with Crippen molar-refractivity contribution < 1.29 is 0 Å². The van der Waals surface area contributed by atoms with Crippen molar-refractivity contribution in [1.29, 1.82) is 0 Å². The van der Waals surface area contributed by atoms with Gasteiger partial charge in [-0.2, -0.15) is 0 Å². The number of fused-ring (bicyclic) bond motifs is 2. The van der Waals surface area contributed by atoms with E-state index in [9.17, 15) is 0 Å². The van der Waals surface area contributed by atoms with Crippen LogP contribution in [0.15, 0.2) is 0 Å². The minimum Gasteiger partial charge on any atom is -0.0891 e. The van der Waals surface area contributed by atoms with Crippen molar-refractivity contribution in [2.24, 2.45) is 16.7 Å². The summed E-state index contributed by atoms with van der Waals surface area (Å²) < 4.78 is 0. The summed E-state index contributed by atoms with van der Waals surface area (Å²) in [4.78, 5) is 1.35. The van der Waals surface area contributed by atoms with E-state index in [0.717, 1.165) is 5.92 Å². The Hall–Kier alpha value is 0.0900. The van der Waals surface area contributed by atoms with Gasteiger partial charge in [0.2, 0.25) is 0 Å². The third kappa shape index (κ3) is 0.683. The Balaban J connectivity index is 2.47. The lowest BCUT2D eigenvalue weighted by molar-refractivity contribution is 0.195. The van der Waals surface area contributed by atoms with E-state index in [4.69, 9.17) is 12.2 Å². The molecule has 2 fully saturated rings. The second-order valence-electron chi connectivity index (χ2n) is 4.92. The third-order valence-electron chi connectivity index (χ3n) is 4.48. The average Bonchev–Trinajstić information content (AvgIpc) is 2.20. The van der Waals surface area contributed by atoms with Gasteiger partial charge in [-0.15, -0.1) is 0 Å². The minimum atomic E-state index is 0.396. The van der Waals surface area contributed by atoms with Crippen LogP contribution in [0.5, 0.6) is 0 Å². The van der Waals surface area contributed by atoms with Crippen molar-refractivity contribution >= 4 is 17.1 Å². The van der Waals surface area contributed by atoms with Crippen molar-refractivity contribution in [3.63, 3.8) is 0 Å². The molecule has 62 valence electrons. The molecule has 0 spiro atoms. The van der Waals surface area contributed by atoms with Crippen LogP contribution in [0.25, 0.3) is 0 Å². The highest BCUT2D eigenvalue weighted by atomic mass is 32.1. The Labute approximate surface area is 74.4 Å². The maximum absolute atomic E-state index is 5.43. The van der Waals surface area contributed by atoms with Gasteiger partial charge in [0, 0.05) is 5.41 Å². The standard InChI is InChI=1S/C10H16S/c1-9(2)7-4-5-10(9,3)8(11)6-7/h7H,4-6H2,1-3H3/t7?,10-/m1/s1. The summed E-state index contributed by atoms with van der Waals surface area (Å²) in [6, 6.07) is 0. The van der Waals surface area contributed by atoms with Gasteiger partial charge in [0.25, 0.3) is 0 Å². The first-order valence-electron chi connectivity index (χ1n) is 4.52. The van der Waals surface area contributed by atoms with Gasteiger partial charge in [0.1, 0.15) is 0 Å². The first kappa shape index (κ1) is 7.72. The second kappa shape index (κ2) is 1.87. The number of hydrogen-bond acceptors (Lipinski definition) is 1. The smallest absolute Gasteiger partial charge is 0.00424 e. The molecular weight excluding hydrogens is 152 g/mol. The third-order valence-corrected chi connectivity index (χ3v) is 5.10. The molecule has 2 bridgehead atoms. The molecule has 2 aliphatic rings. The first-order chi connectivity index (χ1) is 4.98. The Morgan fingerprint density at radius 3 is 2.18 bits per heavy atom. The van der Waals surface area contributed by atoms with Crippen LogP contribution in [0.4, 0.5) is 0 Å². The molecule has 11 heavy (non-hydrogen) atoms. The van der Waals surface area contributed by atoms with Gasteiger partial charge in [0.05, 0.1) is 0 Å². The molecule has 0 aliphatic heterocycles. The molecule has 0 aromatic carbocycles. The van der Waals surface area contributed by atoms with Crippen molar-refractivity contribution in [2.45, 2.75) is 40.0 Å². The molecule has 2 rings (SSSR count). The fourth-order valence-corrected chi connectivity index (χ4v) is 3.47. The highest BCUT2D eigenvalue weighted by Crippen LogP contribution is 2.63. The molecule has 0 N–H and O–H groups in total. The van der Waals surface area contributed by atoms with E-state index in [1.54, 1.807) is 0 Å². The van der Waals surface area contributed by atoms with Gasteiger partial charge in [-0.1, -0.05) is 33.0 Å². The summed E-state index contributed by atoms with van der Waals surface area (Å²) in [5.74, 6) is 0.889. The van der Waals surface area contributed by atoms with E-state index in [2.05, 4.69) is 20.8 Å². The highest BCUT2D eigenvalue weighted by molar-refractivity contribution is 7.80. The molecule has 1 unspecified atom stereocenters. The van der Waals surface area contributed by atoms with Crippen LogP contribution in [0.1, 0.15) is 40.0 Å². The molecule has 0 saturated heterocycles. The van der Waals surface area contributed by atoms with Gasteiger partial charge >= 0.3 is 0 Å². The molecule has 2 atom stereocenters. The Morgan fingerprint density at radius 1 is 1.36 bits per heavy atom.